The third-order valence-electron chi connectivity index (χ3n) is 10.1. The Balaban J connectivity index is 0.00000349. The molecule has 7 heteroatoms. The van der Waals surface area contributed by atoms with Gasteiger partial charge < -0.3 is 19.9 Å². The molecule has 0 fully saturated rings. The van der Waals surface area contributed by atoms with E-state index in [9.17, 15) is 0 Å². The normalized spacial score (nSPS) is 11.6. The van der Waals surface area contributed by atoms with Gasteiger partial charge in [-0.25, -0.2) is 4.98 Å². The Labute approximate surface area is 317 Å². The Bertz CT molecular complexity index is 2870. The Hall–Kier alpha value is -6.56. The van der Waals surface area contributed by atoms with Crippen LogP contribution >= 0.6 is 0 Å². The van der Waals surface area contributed by atoms with E-state index in [1.54, 1.807) is 0 Å². The average Bonchev–Trinajstić information content (AvgIpc) is 3.96. The van der Waals surface area contributed by atoms with Gasteiger partial charge in [0.25, 0.3) is 0 Å². The van der Waals surface area contributed by atoms with Crippen molar-refractivity contribution in [1.82, 2.24) is 29.9 Å². The van der Waals surface area contributed by atoms with Gasteiger partial charge in [0.15, 0.2) is 0 Å². The third-order valence-corrected chi connectivity index (χ3v) is 10.1. The van der Waals surface area contributed by atoms with E-state index in [2.05, 4.69) is 109 Å². The molecular weight excluding hydrogens is 702 g/mol. The minimum Gasteiger partial charge on any atom is -0.435 e. The fraction of sp³-hybridized carbons (Fsp3) is 0. The van der Waals surface area contributed by atoms with Gasteiger partial charge in [-0.15, -0.1) is 0 Å². The molecule has 6 aromatic carbocycles. The molecule has 0 saturated carbocycles. The largest absolute Gasteiger partial charge is 2.00 e. The molecule has 0 unspecified atom stereocenters. The molecule has 0 aliphatic carbocycles. The first-order valence-corrected chi connectivity index (χ1v) is 17.3. The van der Waals surface area contributed by atoms with Crippen LogP contribution < -0.4 is 9.97 Å². The zero-order valence-electron chi connectivity index (χ0n) is 28.4. The molecule has 0 spiro atoms. The summed E-state index contributed by atoms with van der Waals surface area (Å²) in [6.45, 7) is 0. The van der Waals surface area contributed by atoms with Crippen LogP contribution in [0.5, 0.6) is 0 Å². The summed E-state index contributed by atoms with van der Waals surface area (Å²) in [4.78, 5) is 31.8. The first-order valence-electron chi connectivity index (χ1n) is 17.3. The van der Waals surface area contributed by atoms with Gasteiger partial charge in [-0.05, 0) is 55.0 Å². The summed E-state index contributed by atoms with van der Waals surface area (Å²) in [6, 6.07) is 54.1. The van der Waals surface area contributed by atoms with E-state index in [1.165, 1.54) is 0 Å². The summed E-state index contributed by atoms with van der Waals surface area (Å²) in [6.07, 6.45) is 0. The third kappa shape index (κ3) is 4.82. The molecule has 0 amide bonds. The van der Waals surface area contributed by atoms with Crippen molar-refractivity contribution in [3.8, 4) is 67.5 Å². The van der Waals surface area contributed by atoms with Gasteiger partial charge in [0.1, 0.15) is 0 Å². The van der Waals surface area contributed by atoms with E-state index in [1.807, 2.05) is 48.5 Å². The smallest absolute Gasteiger partial charge is 0.435 e. The fourth-order valence-corrected chi connectivity index (χ4v) is 7.73. The number of hydrogen-bond donors (Lipinski definition) is 0. The molecule has 9 aromatic rings. The van der Waals surface area contributed by atoms with Crippen LogP contribution in [0.15, 0.2) is 158 Å². The molecule has 6 nitrogen and oxygen atoms in total. The van der Waals surface area contributed by atoms with Crippen LogP contribution in [0.4, 0.5) is 0 Å². The Morgan fingerprint density at radius 1 is 0.321 bits per heavy atom. The van der Waals surface area contributed by atoms with E-state index >= 15 is 0 Å². The molecular formula is C46H26N6Zn. The Kier molecular flexibility index (Phi) is 7.24. The first kappa shape index (κ1) is 31.2. The van der Waals surface area contributed by atoms with Crippen molar-refractivity contribution in [2.45, 2.75) is 0 Å². The van der Waals surface area contributed by atoms with Crippen molar-refractivity contribution >= 4 is 43.9 Å². The summed E-state index contributed by atoms with van der Waals surface area (Å²) in [5, 5.41) is 3.89. The van der Waals surface area contributed by atoms with Crippen LogP contribution in [0.2, 0.25) is 0 Å². The molecule has 5 heterocycles. The molecule has 8 bridgehead atoms. The maximum Gasteiger partial charge on any atom is 2.00 e. The summed E-state index contributed by atoms with van der Waals surface area (Å²) < 4.78 is 0. The minimum absolute atomic E-state index is 0. The molecule has 0 atom stereocenters. The van der Waals surface area contributed by atoms with Crippen molar-refractivity contribution in [3.63, 3.8) is 0 Å². The van der Waals surface area contributed by atoms with Gasteiger partial charge in [0.05, 0.1) is 23.0 Å². The first-order chi connectivity index (χ1) is 25.8. The predicted octanol–water partition coefficient (Wildman–Crippen LogP) is 10.7. The summed E-state index contributed by atoms with van der Waals surface area (Å²) in [7, 11) is 0. The molecule has 2 aliphatic heterocycles. The summed E-state index contributed by atoms with van der Waals surface area (Å²) in [5.41, 5.74) is 12.4. The number of rotatable bonds is 2. The predicted molar refractivity (Wildman–Crippen MR) is 209 cm³/mol. The maximum atomic E-state index is 5.64. The zero-order valence-corrected chi connectivity index (χ0v) is 31.4. The number of fused-ring (bicyclic) bond motifs is 20. The molecule has 0 N–H and O–H groups in total. The monoisotopic (exact) mass is 726 g/mol. The van der Waals surface area contributed by atoms with E-state index < -0.39 is 0 Å². The van der Waals surface area contributed by atoms with Gasteiger partial charge in [-0.1, -0.05) is 158 Å². The topological polar surface area (TPSA) is 79.8 Å². The molecule has 0 saturated heterocycles. The van der Waals surface area contributed by atoms with Crippen LogP contribution in [-0.4, -0.2) is 19.9 Å². The number of benzene rings is 6. The zero-order chi connectivity index (χ0) is 34.2. The Morgan fingerprint density at radius 3 is 1.11 bits per heavy atom. The van der Waals surface area contributed by atoms with Gasteiger partial charge in [-0.2, -0.15) is 0 Å². The van der Waals surface area contributed by atoms with E-state index in [0.29, 0.717) is 22.9 Å². The SMILES string of the molecule is [Zn+2].c1ccc(-c2c3nc(c(-c4ccccc4)c4[n-]c(nc5nc(nc6[n-]c2c2ccccc62)-c2ccccc2-5)c2ccccc42)-c2ccccc2-3)cc1. The van der Waals surface area contributed by atoms with Crippen LogP contribution in [0.25, 0.3) is 111 Å². The van der Waals surface area contributed by atoms with Crippen molar-refractivity contribution in [2.24, 2.45) is 0 Å². The second-order valence-electron chi connectivity index (χ2n) is 13.0. The molecule has 53 heavy (non-hydrogen) atoms. The second kappa shape index (κ2) is 12.3. The molecule has 3 aromatic heterocycles. The number of nitrogens with zero attached hydrogens (tertiary/aromatic N) is 6. The van der Waals surface area contributed by atoms with Crippen LogP contribution in [-0.2, 0) is 19.5 Å². The standard InChI is InChI=1S/C46H26N6.Zn/c1-3-15-27(16-4-1)37-39-29-19-7-8-20-30(29)40(47-39)38(28-17-5-2-6-18-28)42-32-22-10-12-24-34(32)44(49-42)51-46-36-26-14-13-25-35(36)45(52-46)50-43-33-23-11-9-21-31(33)41(37)48-43;/h1-26H;/q-2;+2. The van der Waals surface area contributed by atoms with Gasteiger partial charge in [0.2, 0.25) is 0 Å². The molecule has 242 valence electrons. The van der Waals surface area contributed by atoms with E-state index in [4.69, 9.17) is 29.9 Å². The molecule has 0 radical (unpaired) electrons. The number of hydrogen-bond acceptors (Lipinski definition) is 4. The quantitative estimate of drug-likeness (QED) is 0.165. The molecule has 11 rings (SSSR count). The summed E-state index contributed by atoms with van der Waals surface area (Å²) >= 11 is 0. The summed E-state index contributed by atoms with van der Waals surface area (Å²) in [5.74, 6) is 1.15. The van der Waals surface area contributed by atoms with E-state index in [0.717, 1.165) is 88.5 Å². The second-order valence-corrected chi connectivity index (χ2v) is 13.0. The maximum absolute atomic E-state index is 5.64. The van der Waals surface area contributed by atoms with E-state index in [-0.39, 0.29) is 19.5 Å². The van der Waals surface area contributed by atoms with Crippen LogP contribution in [0.3, 0.4) is 0 Å². The van der Waals surface area contributed by atoms with Crippen molar-refractivity contribution in [1.29, 1.82) is 0 Å². The number of aromatic nitrogens is 6. The molecule has 2 aliphatic rings. The van der Waals surface area contributed by atoms with Gasteiger partial charge >= 0.3 is 19.5 Å². The van der Waals surface area contributed by atoms with Crippen molar-refractivity contribution in [2.75, 3.05) is 0 Å². The minimum atomic E-state index is 0. The average molecular weight is 728 g/mol. The fourth-order valence-electron chi connectivity index (χ4n) is 7.73. The van der Waals surface area contributed by atoms with Crippen LogP contribution in [0, 0.1) is 0 Å². The Morgan fingerprint density at radius 2 is 0.679 bits per heavy atom. The van der Waals surface area contributed by atoms with Crippen molar-refractivity contribution in [3.05, 3.63) is 158 Å². The van der Waals surface area contributed by atoms with Crippen LogP contribution in [0.1, 0.15) is 0 Å². The van der Waals surface area contributed by atoms with Gasteiger partial charge in [-0.3, -0.25) is 4.98 Å². The van der Waals surface area contributed by atoms with Crippen molar-refractivity contribution < 1.29 is 19.5 Å². The van der Waals surface area contributed by atoms with Gasteiger partial charge in [0, 0.05) is 33.4 Å².